The van der Waals surface area contributed by atoms with Gasteiger partial charge < -0.3 is 14.7 Å². The molecule has 0 radical (unpaired) electrons. The molecule has 0 saturated carbocycles. The molecule has 1 N–H and O–H groups in total. The number of nitrogens with zero attached hydrogens (tertiary/aromatic N) is 2. The summed E-state index contributed by atoms with van der Waals surface area (Å²) in [5.74, 6) is -1.04. The van der Waals surface area contributed by atoms with Crippen LogP contribution in [-0.2, 0) is 9.53 Å². The van der Waals surface area contributed by atoms with Crippen LogP contribution < -0.4 is 0 Å². The highest BCUT2D eigenvalue weighted by Gasteiger charge is 2.25. The molecule has 1 saturated heterocycles. The summed E-state index contributed by atoms with van der Waals surface area (Å²) in [6, 6.07) is 5.38. The molecule has 1 aromatic rings. The highest BCUT2D eigenvalue weighted by Crippen LogP contribution is 2.15. The standard InChI is InChI=1S/C14H18N2O4/c1-10-3-2-4-12(15-10)14(19)16-7-5-11(6-8-16)20-9-13(17)18/h2-4,11H,5-9H2,1H3,(H,17,18). The Labute approximate surface area is 117 Å². The van der Waals surface area contributed by atoms with E-state index in [1.165, 1.54) is 0 Å². The number of aromatic nitrogens is 1. The number of likely N-dealkylation sites (tertiary alicyclic amines) is 1. The Kier molecular flexibility index (Phi) is 4.68. The molecule has 1 amide bonds. The first-order chi connectivity index (χ1) is 9.56. The fourth-order valence-electron chi connectivity index (χ4n) is 2.24. The van der Waals surface area contributed by atoms with E-state index < -0.39 is 5.97 Å². The molecule has 0 unspecified atom stereocenters. The number of rotatable bonds is 4. The van der Waals surface area contributed by atoms with Gasteiger partial charge in [-0.15, -0.1) is 0 Å². The molecular formula is C14H18N2O4. The number of aliphatic carboxylic acids is 1. The summed E-state index contributed by atoms with van der Waals surface area (Å²) >= 11 is 0. The molecule has 1 aliphatic rings. The Morgan fingerprint density at radius 2 is 2.10 bits per heavy atom. The van der Waals surface area contributed by atoms with E-state index in [1.807, 2.05) is 19.1 Å². The van der Waals surface area contributed by atoms with Gasteiger partial charge in [0.05, 0.1) is 6.10 Å². The summed E-state index contributed by atoms with van der Waals surface area (Å²) in [5.41, 5.74) is 1.27. The fraction of sp³-hybridized carbons (Fsp3) is 0.500. The molecule has 0 aromatic carbocycles. The number of carbonyl (C=O) groups excluding carboxylic acids is 1. The maximum Gasteiger partial charge on any atom is 0.329 e. The molecule has 1 aromatic heterocycles. The average molecular weight is 278 g/mol. The lowest BCUT2D eigenvalue weighted by Crippen LogP contribution is -2.41. The number of piperidine rings is 1. The van der Waals surface area contributed by atoms with Gasteiger partial charge in [-0.05, 0) is 31.9 Å². The quantitative estimate of drug-likeness (QED) is 0.892. The normalized spacial score (nSPS) is 16.1. The van der Waals surface area contributed by atoms with Gasteiger partial charge in [-0.2, -0.15) is 0 Å². The van der Waals surface area contributed by atoms with Crippen LogP contribution in [0.4, 0.5) is 0 Å². The van der Waals surface area contributed by atoms with Crippen molar-refractivity contribution in [3.63, 3.8) is 0 Å². The Hall–Kier alpha value is -1.95. The number of aryl methyl sites for hydroxylation is 1. The summed E-state index contributed by atoms with van der Waals surface area (Å²) in [5, 5.41) is 8.56. The number of carbonyl (C=O) groups is 2. The molecule has 0 bridgehead atoms. The topological polar surface area (TPSA) is 79.7 Å². The monoisotopic (exact) mass is 278 g/mol. The lowest BCUT2D eigenvalue weighted by Gasteiger charge is -2.31. The molecule has 0 atom stereocenters. The Bertz CT molecular complexity index is 496. The molecule has 108 valence electrons. The van der Waals surface area contributed by atoms with Crippen LogP contribution in [0.3, 0.4) is 0 Å². The number of pyridine rings is 1. The van der Waals surface area contributed by atoms with Gasteiger partial charge in [0.15, 0.2) is 0 Å². The van der Waals surface area contributed by atoms with Crippen LogP contribution in [0.25, 0.3) is 0 Å². The molecule has 1 aliphatic heterocycles. The summed E-state index contributed by atoms with van der Waals surface area (Å²) in [4.78, 5) is 28.7. The summed E-state index contributed by atoms with van der Waals surface area (Å²) < 4.78 is 5.24. The fourth-order valence-corrected chi connectivity index (χ4v) is 2.24. The first-order valence-corrected chi connectivity index (χ1v) is 6.62. The van der Waals surface area contributed by atoms with Crippen molar-refractivity contribution < 1.29 is 19.4 Å². The highest BCUT2D eigenvalue weighted by atomic mass is 16.5. The van der Waals surface area contributed by atoms with Gasteiger partial charge in [0.25, 0.3) is 5.91 Å². The third kappa shape index (κ3) is 3.77. The maximum absolute atomic E-state index is 12.3. The average Bonchev–Trinajstić information content (AvgIpc) is 2.45. The van der Waals surface area contributed by atoms with Gasteiger partial charge in [0, 0.05) is 18.8 Å². The first-order valence-electron chi connectivity index (χ1n) is 6.62. The predicted octanol–water partition coefficient (Wildman–Crippen LogP) is 1.10. The van der Waals surface area contributed by atoms with E-state index in [-0.39, 0.29) is 18.6 Å². The van der Waals surface area contributed by atoms with Crippen LogP contribution in [0, 0.1) is 6.92 Å². The zero-order valence-corrected chi connectivity index (χ0v) is 11.4. The summed E-state index contributed by atoms with van der Waals surface area (Å²) in [6.45, 7) is 2.71. The number of hydrogen-bond acceptors (Lipinski definition) is 4. The number of carboxylic acid groups (broad SMARTS) is 1. The van der Waals surface area contributed by atoms with Crippen molar-refractivity contribution in [3.8, 4) is 0 Å². The molecule has 6 nitrogen and oxygen atoms in total. The van der Waals surface area contributed by atoms with Crippen LogP contribution in [0.15, 0.2) is 18.2 Å². The van der Waals surface area contributed by atoms with Crippen molar-refractivity contribution in [1.29, 1.82) is 0 Å². The SMILES string of the molecule is Cc1cccc(C(=O)N2CCC(OCC(=O)O)CC2)n1. The minimum atomic E-state index is -0.965. The number of ether oxygens (including phenoxy) is 1. The second-order valence-electron chi connectivity index (χ2n) is 4.86. The van der Waals surface area contributed by atoms with Gasteiger partial charge in [-0.25, -0.2) is 9.78 Å². The largest absolute Gasteiger partial charge is 0.480 e. The van der Waals surface area contributed by atoms with E-state index in [4.69, 9.17) is 9.84 Å². The molecule has 2 heterocycles. The van der Waals surface area contributed by atoms with Crippen LogP contribution in [0.5, 0.6) is 0 Å². The molecule has 0 aliphatic carbocycles. The highest BCUT2D eigenvalue weighted by molar-refractivity contribution is 5.92. The zero-order valence-electron chi connectivity index (χ0n) is 11.4. The van der Waals surface area contributed by atoms with Crippen molar-refractivity contribution >= 4 is 11.9 Å². The van der Waals surface area contributed by atoms with Crippen molar-refractivity contribution in [2.75, 3.05) is 19.7 Å². The summed E-state index contributed by atoms with van der Waals surface area (Å²) in [7, 11) is 0. The number of hydrogen-bond donors (Lipinski definition) is 1. The third-order valence-electron chi connectivity index (χ3n) is 3.28. The molecule has 1 fully saturated rings. The number of amides is 1. The zero-order chi connectivity index (χ0) is 14.5. The Balaban J connectivity index is 1.87. The smallest absolute Gasteiger partial charge is 0.329 e. The van der Waals surface area contributed by atoms with Crippen molar-refractivity contribution in [2.45, 2.75) is 25.9 Å². The van der Waals surface area contributed by atoms with E-state index in [9.17, 15) is 9.59 Å². The van der Waals surface area contributed by atoms with E-state index in [0.717, 1.165) is 5.69 Å². The van der Waals surface area contributed by atoms with Crippen LogP contribution in [0.2, 0.25) is 0 Å². The molecule has 0 spiro atoms. The van der Waals surface area contributed by atoms with Crippen LogP contribution >= 0.6 is 0 Å². The minimum Gasteiger partial charge on any atom is -0.480 e. The third-order valence-corrected chi connectivity index (χ3v) is 3.28. The van der Waals surface area contributed by atoms with Gasteiger partial charge in [-0.3, -0.25) is 4.79 Å². The van der Waals surface area contributed by atoms with Gasteiger partial charge in [0.2, 0.25) is 0 Å². The maximum atomic E-state index is 12.3. The van der Waals surface area contributed by atoms with Gasteiger partial charge >= 0.3 is 5.97 Å². The Morgan fingerprint density at radius 1 is 1.40 bits per heavy atom. The van der Waals surface area contributed by atoms with Crippen LogP contribution in [0.1, 0.15) is 29.0 Å². The molecule has 20 heavy (non-hydrogen) atoms. The van der Waals surface area contributed by atoms with Gasteiger partial charge in [0.1, 0.15) is 12.3 Å². The number of carboxylic acids is 1. The second-order valence-corrected chi connectivity index (χ2v) is 4.86. The predicted molar refractivity (Wildman–Crippen MR) is 71.5 cm³/mol. The molecular weight excluding hydrogens is 260 g/mol. The molecule has 6 heteroatoms. The van der Waals surface area contributed by atoms with E-state index in [0.29, 0.717) is 31.6 Å². The lowest BCUT2D eigenvalue weighted by atomic mass is 10.1. The van der Waals surface area contributed by atoms with E-state index in [2.05, 4.69) is 4.98 Å². The van der Waals surface area contributed by atoms with Crippen molar-refractivity contribution in [1.82, 2.24) is 9.88 Å². The lowest BCUT2D eigenvalue weighted by molar-refractivity contribution is -0.145. The van der Waals surface area contributed by atoms with E-state index >= 15 is 0 Å². The Morgan fingerprint density at radius 3 is 2.70 bits per heavy atom. The minimum absolute atomic E-state index is 0.0783. The van der Waals surface area contributed by atoms with Gasteiger partial charge in [-0.1, -0.05) is 6.07 Å². The first kappa shape index (κ1) is 14.5. The van der Waals surface area contributed by atoms with E-state index in [1.54, 1.807) is 11.0 Å². The molecule has 2 rings (SSSR count). The second kappa shape index (κ2) is 6.47. The van der Waals surface area contributed by atoms with Crippen molar-refractivity contribution in [2.24, 2.45) is 0 Å². The van der Waals surface area contributed by atoms with Crippen molar-refractivity contribution in [3.05, 3.63) is 29.6 Å². The summed E-state index contributed by atoms with van der Waals surface area (Å²) in [6.07, 6.45) is 1.23. The van der Waals surface area contributed by atoms with Crippen LogP contribution in [-0.4, -0.2) is 52.7 Å².